The maximum absolute atomic E-state index is 12.3. The second kappa shape index (κ2) is 8.19. The quantitative estimate of drug-likeness (QED) is 0.752. The molecule has 1 aliphatic rings. The minimum atomic E-state index is -0.946. The van der Waals surface area contributed by atoms with Crippen LogP contribution in [0.1, 0.15) is 13.3 Å². The van der Waals surface area contributed by atoms with E-state index in [-0.39, 0.29) is 6.03 Å². The van der Waals surface area contributed by atoms with E-state index in [1.54, 1.807) is 18.9 Å². The van der Waals surface area contributed by atoms with Crippen LogP contribution in [-0.2, 0) is 4.79 Å². The topological polar surface area (TPSA) is 67.3 Å². The number of carbonyl (C=O) groups is 2. The summed E-state index contributed by atoms with van der Waals surface area (Å²) in [5.74, 6) is -0.946. The molecule has 0 radical (unpaired) electrons. The maximum atomic E-state index is 12.3. The highest BCUT2D eigenvalue weighted by Gasteiger charge is 2.29. The lowest BCUT2D eigenvalue weighted by atomic mass is 10.2. The molecule has 1 fully saturated rings. The summed E-state index contributed by atoms with van der Waals surface area (Å²) in [5.41, 5.74) is 0. The number of hydrogen-bond acceptors (Lipinski definition) is 4. The first-order valence-corrected chi connectivity index (χ1v) is 7.48. The lowest BCUT2D eigenvalue weighted by Gasteiger charge is -2.38. The third kappa shape index (κ3) is 5.17. The highest BCUT2D eigenvalue weighted by molar-refractivity contribution is 5.82. The van der Waals surface area contributed by atoms with E-state index in [1.807, 2.05) is 14.1 Å². The van der Waals surface area contributed by atoms with Crippen LogP contribution in [0.2, 0.25) is 0 Å². The van der Waals surface area contributed by atoms with Crippen molar-refractivity contribution in [3.8, 4) is 0 Å². The van der Waals surface area contributed by atoms with Gasteiger partial charge in [-0.1, -0.05) is 6.92 Å². The van der Waals surface area contributed by atoms with E-state index in [0.717, 1.165) is 26.2 Å². The van der Waals surface area contributed by atoms with E-state index in [0.29, 0.717) is 19.5 Å². The third-order valence-corrected chi connectivity index (χ3v) is 3.95. The van der Waals surface area contributed by atoms with Crippen molar-refractivity contribution in [2.75, 3.05) is 60.4 Å². The number of carboxylic acid groups (broad SMARTS) is 1. The predicted molar refractivity (Wildman–Crippen MR) is 81.4 cm³/mol. The van der Waals surface area contributed by atoms with Gasteiger partial charge in [0.05, 0.1) is 0 Å². The Labute approximate surface area is 127 Å². The van der Waals surface area contributed by atoms with Crippen molar-refractivity contribution in [2.24, 2.45) is 0 Å². The largest absolute Gasteiger partial charge is 0.480 e. The molecule has 1 heterocycles. The SMILES string of the molecule is CCC(C(=O)O)N(C)C(=O)N1CCN(CCN(C)C)CC1. The van der Waals surface area contributed by atoms with E-state index in [2.05, 4.69) is 9.80 Å². The first kappa shape index (κ1) is 17.7. The number of amides is 2. The average molecular weight is 300 g/mol. The summed E-state index contributed by atoms with van der Waals surface area (Å²) in [6, 6.07) is -0.930. The van der Waals surface area contributed by atoms with Gasteiger partial charge in [0.25, 0.3) is 0 Å². The molecule has 1 N–H and O–H groups in total. The fraction of sp³-hybridized carbons (Fsp3) is 0.857. The van der Waals surface area contributed by atoms with Crippen LogP contribution in [0.4, 0.5) is 4.79 Å². The number of piperazine rings is 1. The molecule has 1 saturated heterocycles. The summed E-state index contributed by atoms with van der Waals surface area (Å²) in [6.45, 7) is 6.79. The number of likely N-dealkylation sites (N-methyl/N-ethyl adjacent to an activating group) is 2. The van der Waals surface area contributed by atoms with Crippen molar-refractivity contribution >= 4 is 12.0 Å². The first-order chi connectivity index (χ1) is 9.86. The number of carboxylic acids is 1. The lowest BCUT2D eigenvalue weighted by Crippen LogP contribution is -2.55. The zero-order valence-corrected chi connectivity index (χ0v) is 13.6. The van der Waals surface area contributed by atoms with Gasteiger partial charge in [0, 0.05) is 46.3 Å². The predicted octanol–water partition coefficient (Wildman–Crippen LogP) is 0.0806. The van der Waals surface area contributed by atoms with Gasteiger partial charge in [-0.3, -0.25) is 4.90 Å². The number of urea groups is 1. The molecule has 1 rings (SSSR count). The van der Waals surface area contributed by atoms with Crippen LogP contribution in [0, 0.1) is 0 Å². The number of carbonyl (C=O) groups excluding carboxylic acids is 1. The Morgan fingerprint density at radius 3 is 2.14 bits per heavy atom. The smallest absolute Gasteiger partial charge is 0.326 e. The Hall–Kier alpha value is -1.34. The van der Waals surface area contributed by atoms with Gasteiger partial charge in [-0.15, -0.1) is 0 Å². The highest BCUT2D eigenvalue weighted by atomic mass is 16.4. The van der Waals surface area contributed by atoms with E-state index in [1.165, 1.54) is 4.90 Å². The van der Waals surface area contributed by atoms with Crippen LogP contribution in [0.25, 0.3) is 0 Å². The third-order valence-electron chi connectivity index (χ3n) is 3.95. The standard InChI is InChI=1S/C14H28N4O3/c1-5-12(13(19)20)16(4)14(21)18-10-8-17(9-11-18)7-6-15(2)3/h12H,5-11H2,1-4H3,(H,19,20). The van der Waals surface area contributed by atoms with Crippen molar-refractivity contribution in [2.45, 2.75) is 19.4 Å². The average Bonchev–Trinajstić information content (AvgIpc) is 2.45. The van der Waals surface area contributed by atoms with Crippen molar-refractivity contribution in [3.63, 3.8) is 0 Å². The molecule has 1 unspecified atom stereocenters. The maximum Gasteiger partial charge on any atom is 0.326 e. The zero-order valence-electron chi connectivity index (χ0n) is 13.6. The lowest BCUT2D eigenvalue weighted by molar-refractivity contribution is -0.142. The molecule has 2 amide bonds. The van der Waals surface area contributed by atoms with Crippen LogP contribution >= 0.6 is 0 Å². The highest BCUT2D eigenvalue weighted by Crippen LogP contribution is 2.09. The van der Waals surface area contributed by atoms with Gasteiger partial charge in [-0.25, -0.2) is 9.59 Å². The molecule has 0 aromatic rings. The number of nitrogens with zero attached hydrogens (tertiary/aromatic N) is 4. The Balaban J connectivity index is 2.46. The van der Waals surface area contributed by atoms with Gasteiger partial charge in [0.1, 0.15) is 6.04 Å². The summed E-state index contributed by atoms with van der Waals surface area (Å²) in [4.78, 5) is 31.0. The van der Waals surface area contributed by atoms with Crippen LogP contribution in [0.15, 0.2) is 0 Å². The van der Waals surface area contributed by atoms with Gasteiger partial charge in [-0.05, 0) is 20.5 Å². The monoisotopic (exact) mass is 300 g/mol. The molecule has 7 heteroatoms. The summed E-state index contributed by atoms with van der Waals surface area (Å²) >= 11 is 0. The number of aliphatic carboxylic acids is 1. The minimum absolute atomic E-state index is 0.184. The van der Waals surface area contributed by atoms with E-state index in [9.17, 15) is 9.59 Å². The molecule has 0 bridgehead atoms. The van der Waals surface area contributed by atoms with Crippen LogP contribution in [-0.4, -0.2) is 103 Å². The number of rotatable bonds is 6. The summed E-state index contributed by atoms with van der Waals surface area (Å²) in [6.07, 6.45) is 0.417. The van der Waals surface area contributed by atoms with Gasteiger partial charge >= 0.3 is 12.0 Å². The van der Waals surface area contributed by atoms with Gasteiger partial charge < -0.3 is 19.8 Å². The van der Waals surface area contributed by atoms with Crippen molar-refractivity contribution in [1.29, 1.82) is 0 Å². The Morgan fingerprint density at radius 2 is 1.71 bits per heavy atom. The fourth-order valence-electron chi connectivity index (χ4n) is 2.47. The normalized spacial score (nSPS) is 17.9. The van der Waals surface area contributed by atoms with Crippen molar-refractivity contribution in [3.05, 3.63) is 0 Å². The van der Waals surface area contributed by atoms with Gasteiger partial charge in [0.15, 0.2) is 0 Å². The summed E-state index contributed by atoms with van der Waals surface area (Å²) in [5, 5.41) is 9.13. The molecule has 21 heavy (non-hydrogen) atoms. The molecule has 0 aromatic carbocycles. The summed E-state index contributed by atoms with van der Waals surface area (Å²) in [7, 11) is 5.67. The molecular weight excluding hydrogens is 272 g/mol. The van der Waals surface area contributed by atoms with E-state index < -0.39 is 12.0 Å². The molecule has 0 aromatic heterocycles. The first-order valence-electron chi connectivity index (χ1n) is 7.48. The molecule has 122 valence electrons. The Kier molecular flexibility index (Phi) is 6.91. The molecule has 0 spiro atoms. The summed E-state index contributed by atoms with van der Waals surface area (Å²) < 4.78 is 0. The molecule has 0 saturated carbocycles. The Bertz CT molecular complexity index is 354. The van der Waals surface area contributed by atoms with E-state index >= 15 is 0 Å². The van der Waals surface area contributed by atoms with Gasteiger partial charge in [-0.2, -0.15) is 0 Å². The molecule has 1 atom stereocenters. The minimum Gasteiger partial charge on any atom is -0.480 e. The van der Waals surface area contributed by atoms with Crippen molar-refractivity contribution < 1.29 is 14.7 Å². The fourth-order valence-corrected chi connectivity index (χ4v) is 2.47. The zero-order chi connectivity index (χ0) is 16.0. The van der Waals surface area contributed by atoms with Crippen LogP contribution in [0.3, 0.4) is 0 Å². The molecule has 0 aliphatic carbocycles. The van der Waals surface area contributed by atoms with E-state index in [4.69, 9.17) is 5.11 Å². The second-order valence-corrected chi connectivity index (χ2v) is 5.79. The number of hydrogen-bond donors (Lipinski definition) is 1. The van der Waals surface area contributed by atoms with Crippen LogP contribution < -0.4 is 0 Å². The van der Waals surface area contributed by atoms with Crippen molar-refractivity contribution in [1.82, 2.24) is 19.6 Å². The molecule has 1 aliphatic heterocycles. The second-order valence-electron chi connectivity index (χ2n) is 5.79. The molecule has 7 nitrogen and oxygen atoms in total. The molecular formula is C14H28N4O3. The Morgan fingerprint density at radius 1 is 1.14 bits per heavy atom. The van der Waals surface area contributed by atoms with Gasteiger partial charge in [0.2, 0.25) is 0 Å². The van der Waals surface area contributed by atoms with Crippen LogP contribution in [0.5, 0.6) is 0 Å².